The lowest BCUT2D eigenvalue weighted by Crippen LogP contribution is -2.43. The van der Waals surface area contributed by atoms with E-state index in [2.05, 4.69) is 60.2 Å². The second-order valence-corrected chi connectivity index (χ2v) is 6.74. The Morgan fingerprint density at radius 3 is 2.48 bits per heavy atom. The minimum absolute atomic E-state index is 0.420. The van der Waals surface area contributed by atoms with Crippen LogP contribution in [0.5, 0.6) is 0 Å². The van der Waals surface area contributed by atoms with Crippen LogP contribution in [0.15, 0.2) is 4.99 Å². The Kier molecular flexibility index (Phi) is 9.57. The zero-order valence-electron chi connectivity index (χ0n) is 17.3. The number of aryl methyl sites for hydroxylation is 2. The Balaban J connectivity index is 2.34. The van der Waals surface area contributed by atoms with Crippen molar-refractivity contribution < 1.29 is 0 Å². The molecule has 1 unspecified atom stereocenters. The van der Waals surface area contributed by atoms with Crippen LogP contribution in [0.3, 0.4) is 0 Å². The van der Waals surface area contributed by atoms with Gasteiger partial charge in [0.2, 0.25) is 0 Å². The summed E-state index contributed by atoms with van der Waals surface area (Å²) >= 11 is 0. The number of nitrogens with one attached hydrogen (secondary N) is 2. The smallest absolute Gasteiger partial charge is 0.191 e. The van der Waals surface area contributed by atoms with Gasteiger partial charge in [0.1, 0.15) is 0 Å². The van der Waals surface area contributed by atoms with E-state index in [1.165, 1.54) is 24.2 Å². The van der Waals surface area contributed by atoms with Gasteiger partial charge in [-0.2, -0.15) is 5.10 Å². The molecule has 6 heteroatoms. The molecular weight excluding hydrogens is 312 g/mol. The molecule has 0 bridgehead atoms. The zero-order valence-corrected chi connectivity index (χ0v) is 17.3. The van der Waals surface area contributed by atoms with E-state index in [1.807, 2.05) is 18.8 Å². The molecule has 1 aromatic rings. The molecule has 1 heterocycles. The lowest BCUT2D eigenvalue weighted by atomic mass is 10.1. The van der Waals surface area contributed by atoms with Gasteiger partial charge in [-0.15, -0.1) is 0 Å². The predicted molar refractivity (Wildman–Crippen MR) is 107 cm³/mol. The fourth-order valence-electron chi connectivity index (χ4n) is 3.15. The third-order valence-corrected chi connectivity index (χ3v) is 4.94. The number of rotatable bonds is 10. The molecule has 0 aromatic carbocycles. The monoisotopic (exact) mass is 350 g/mol. The Morgan fingerprint density at radius 2 is 1.96 bits per heavy atom. The number of aliphatic imine (C=N–C) groups is 1. The first-order valence-corrected chi connectivity index (χ1v) is 9.61. The van der Waals surface area contributed by atoms with Crippen LogP contribution in [0.4, 0.5) is 0 Å². The highest BCUT2D eigenvalue weighted by Gasteiger charge is 2.10. The predicted octanol–water partition coefficient (Wildman–Crippen LogP) is 2.25. The lowest BCUT2D eigenvalue weighted by molar-refractivity contribution is 0.292. The van der Waals surface area contributed by atoms with Gasteiger partial charge in [-0.05, 0) is 65.2 Å². The van der Waals surface area contributed by atoms with Crippen molar-refractivity contribution in [3.63, 3.8) is 0 Å². The standard InChI is InChI=1S/C19H38N6/c1-8-25(9-2)14-10-11-15(3)22-19(20-6)21-13-12-18-16(4)23-24(7)17(18)5/h15H,8-14H2,1-7H3,(H2,20,21,22). The molecule has 0 saturated heterocycles. The summed E-state index contributed by atoms with van der Waals surface area (Å²) in [5.74, 6) is 0.884. The first kappa shape index (κ1) is 21.5. The number of hydrogen-bond donors (Lipinski definition) is 2. The Morgan fingerprint density at radius 1 is 1.28 bits per heavy atom. The van der Waals surface area contributed by atoms with Gasteiger partial charge >= 0.3 is 0 Å². The van der Waals surface area contributed by atoms with Gasteiger partial charge in [-0.3, -0.25) is 9.67 Å². The molecule has 2 N–H and O–H groups in total. The van der Waals surface area contributed by atoms with E-state index in [4.69, 9.17) is 0 Å². The topological polar surface area (TPSA) is 57.5 Å². The highest BCUT2D eigenvalue weighted by Crippen LogP contribution is 2.11. The molecule has 1 atom stereocenters. The van der Waals surface area contributed by atoms with Crippen LogP contribution in [0.1, 0.15) is 50.6 Å². The molecule has 0 aliphatic heterocycles. The molecular formula is C19H38N6. The van der Waals surface area contributed by atoms with Gasteiger partial charge in [0, 0.05) is 32.4 Å². The molecule has 1 rings (SSSR count). The quantitative estimate of drug-likeness (QED) is 0.502. The number of guanidine groups is 1. The molecule has 0 saturated carbocycles. The largest absolute Gasteiger partial charge is 0.356 e. The maximum Gasteiger partial charge on any atom is 0.191 e. The summed E-state index contributed by atoms with van der Waals surface area (Å²) in [7, 11) is 3.83. The molecule has 6 nitrogen and oxygen atoms in total. The van der Waals surface area contributed by atoms with Crippen LogP contribution in [-0.4, -0.2) is 59.9 Å². The van der Waals surface area contributed by atoms with Gasteiger partial charge in [-0.25, -0.2) is 0 Å². The number of nitrogens with zero attached hydrogens (tertiary/aromatic N) is 4. The van der Waals surface area contributed by atoms with Gasteiger partial charge in [0.15, 0.2) is 5.96 Å². The van der Waals surface area contributed by atoms with Crippen LogP contribution in [0, 0.1) is 13.8 Å². The van der Waals surface area contributed by atoms with Gasteiger partial charge < -0.3 is 15.5 Å². The molecule has 144 valence electrons. The van der Waals surface area contributed by atoms with Crippen LogP contribution in [0.25, 0.3) is 0 Å². The van der Waals surface area contributed by atoms with E-state index in [1.54, 1.807) is 0 Å². The van der Waals surface area contributed by atoms with Crippen LogP contribution in [0.2, 0.25) is 0 Å². The minimum Gasteiger partial charge on any atom is -0.356 e. The molecule has 0 spiro atoms. The molecule has 0 aliphatic carbocycles. The van der Waals surface area contributed by atoms with Crippen LogP contribution in [-0.2, 0) is 13.5 Å². The summed E-state index contributed by atoms with van der Waals surface area (Å²) in [4.78, 5) is 6.82. The summed E-state index contributed by atoms with van der Waals surface area (Å²) in [6.45, 7) is 15.2. The molecule has 0 aliphatic rings. The lowest BCUT2D eigenvalue weighted by Gasteiger charge is -2.21. The third kappa shape index (κ3) is 7.06. The zero-order chi connectivity index (χ0) is 18.8. The molecule has 0 radical (unpaired) electrons. The van der Waals surface area contributed by atoms with Crippen molar-refractivity contribution in [1.82, 2.24) is 25.3 Å². The summed E-state index contributed by atoms with van der Waals surface area (Å²) in [6, 6.07) is 0.420. The average molecular weight is 351 g/mol. The van der Waals surface area contributed by atoms with Crippen molar-refractivity contribution in [3.05, 3.63) is 17.0 Å². The Labute approximate surface area is 154 Å². The molecule has 25 heavy (non-hydrogen) atoms. The summed E-state index contributed by atoms with van der Waals surface area (Å²) in [5.41, 5.74) is 3.69. The maximum atomic E-state index is 4.48. The van der Waals surface area contributed by atoms with Crippen LogP contribution < -0.4 is 10.6 Å². The van der Waals surface area contributed by atoms with Crippen molar-refractivity contribution in [2.75, 3.05) is 33.2 Å². The number of aromatic nitrogens is 2. The summed E-state index contributed by atoms with van der Waals surface area (Å²) in [5, 5.41) is 11.4. The van der Waals surface area contributed by atoms with E-state index in [-0.39, 0.29) is 0 Å². The van der Waals surface area contributed by atoms with Crippen molar-refractivity contribution in [2.45, 2.75) is 59.9 Å². The highest BCUT2D eigenvalue weighted by atomic mass is 15.3. The van der Waals surface area contributed by atoms with Gasteiger partial charge in [0.25, 0.3) is 0 Å². The maximum absolute atomic E-state index is 4.48. The SMILES string of the molecule is CCN(CC)CCCC(C)NC(=NC)NCCc1c(C)nn(C)c1C. The fourth-order valence-corrected chi connectivity index (χ4v) is 3.15. The highest BCUT2D eigenvalue weighted by molar-refractivity contribution is 5.79. The third-order valence-electron chi connectivity index (χ3n) is 4.94. The normalized spacial score (nSPS) is 13.4. The van der Waals surface area contributed by atoms with E-state index >= 15 is 0 Å². The molecule has 0 amide bonds. The molecule has 1 aromatic heterocycles. The second kappa shape index (κ2) is 11.1. The minimum atomic E-state index is 0.420. The summed E-state index contributed by atoms with van der Waals surface area (Å²) in [6.07, 6.45) is 3.32. The number of hydrogen-bond acceptors (Lipinski definition) is 3. The Hall–Kier alpha value is -1.56. The van der Waals surface area contributed by atoms with Crippen molar-refractivity contribution in [1.29, 1.82) is 0 Å². The van der Waals surface area contributed by atoms with E-state index < -0.39 is 0 Å². The van der Waals surface area contributed by atoms with Crippen molar-refractivity contribution in [3.8, 4) is 0 Å². The average Bonchev–Trinajstić information content (AvgIpc) is 2.83. The van der Waals surface area contributed by atoms with Gasteiger partial charge in [-0.1, -0.05) is 13.8 Å². The van der Waals surface area contributed by atoms with E-state index in [9.17, 15) is 0 Å². The van der Waals surface area contributed by atoms with E-state index in [0.29, 0.717) is 6.04 Å². The van der Waals surface area contributed by atoms with Crippen LogP contribution >= 0.6 is 0 Å². The second-order valence-electron chi connectivity index (χ2n) is 6.74. The first-order valence-electron chi connectivity index (χ1n) is 9.61. The van der Waals surface area contributed by atoms with Crippen molar-refractivity contribution in [2.24, 2.45) is 12.0 Å². The molecule has 0 fully saturated rings. The van der Waals surface area contributed by atoms with Crippen molar-refractivity contribution >= 4 is 5.96 Å². The Bertz CT molecular complexity index is 530. The van der Waals surface area contributed by atoms with E-state index in [0.717, 1.165) is 44.1 Å². The fraction of sp³-hybridized carbons (Fsp3) is 0.789. The summed E-state index contributed by atoms with van der Waals surface area (Å²) < 4.78 is 1.95. The van der Waals surface area contributed by atoms with Gasteiger partial charge in [0.05, 0.1) is 5.69 Å². The first-order chi connectivity index (χ1) is 11.9.